The van der Waals surface area contributed by atoms with Crippen molar-refractivity contribution in [3.63, 3.8) is 0 Å². The predicted octanol–water partition coefficient (Wildman–Crippen LogP) is 2.42. The lowest BCUT2D eigenvalue weighted by atomic mass is 10.2. The fourth-order valence-corrected chi connectivity index (χ4v) is 2.10. The van der Waals surface area contributed by atoms with Crippen molar-refractivity contribution in [2.45, 2.75) is 18.9 Å². The molecule has 1 saturated carbocycles. The lowest BCUT2D eigenvalue weighted by Gasteiger charge is -2.08. The number of nitrogens with one attached hydrogen (secondary N) is 2. The van der Waals surface area contributed by atoms with Gasteiger partial charge in [-0.3, -0.25) is 10.2 Å². The summed E-state index contributed by atoms with van der Waals surface area (Å²) in [7, 11) is 0. The molecule has 0 radical (unpaired) electrons. The lowest BCUT2D eigenvalue weighted by Crippen LogP contribution is -2.19. The van der Waals surface area contributed by atoms with Gasteiger partial charge in [0.25, 0.3) is 5.91 Å². The van der Waals surface area contributed by atoms with Crippen LogP contribution in [0.2, 0.25) is 0 Å². The van der Waals surface area contributed by atoms with Gasteiger partial charge in [-0.1, -0.05) is 18.7 Å². The van der Waals surface area contributed by atoms with Gasteiger partial charge in [-0.15, -0.1) is 10.2 Å². The second-order valence-corrected chi connectivity index (χ2v) is 4.95. The Morgan fingerprint density at radius 2 is 2.29 bits per heavy atom. The molecule has 2 N–H and O–H groups in total. The largest absolute Gasteiger partial charge is 0.321 e. The van der Waals surface area contributed by atoms with Gasteiger partial charge in [0.15, 0.2) is 5.82 Å². The van der Waals surface area contributed by atoms with E-state index in [4.69, 9.17) is 5.41 Å². The third kappa shape index (κ3) is 2.74. The van der Waals surface area contributed by atoms with Crippen molar-refractivity contribution in [1.29, 1.82) is 5.41 Å². The lowest BCUT2D eigenvalue weighted by molar-refractivity contribution is -0.110. The van der Waals surface area contributed by atoms with E-state index < -0.39 is 5.91 Å². The molecule has 1 aliphatic rings. The highest BCUT2D eigenvalue weighted by molar-refractivity contribution is 6.45. The molecule has 0 bridgehead atoms. The minimum Gasteiger partial charge on any atom is -0.321 e. The molecular weight excluding hydrogens is 266 g/mol. The molecule has 1 aliphatic carbocycles. The minimum absolute atomic E-state index is 0.165. The van der Waals surface area contributed by atoms with Crippen molar-refractivity contribution in [3.8, 4) is 11.4 Å². The van der Waals surface area contributed by atoms with Gasteiger partial charge in [0.2, 0.25) is 0 Å². The fraction of sp³-hybridized carbons (Fsp3) is 0.200. The number of hydrogen-bond donors (Lipinski definition) is 2. The highest BCUT2D eigenvalue weighted by atomic mass is 16.1. The Morgan fingerprint density at radius 1 is 1.48 bits per heavy atom. The summed E-state index contributed by atoms with van der Waals surface area (Å²) < 4.78 is 2.06. The van der Waals surface area contributed by atoms with Crippen LogP contribution in [0.25, 0.3) is 11.4 Å². The van der Waals surface area contributed by atoms with E-state index in [-0.39, 0.29) is 5.71 Å². The number of carbonyl (C=O) groups excluding carboxylic acids is 1. The first-order valence-electron chi connectivity index (χ1n) is 6.71. The number of carbonyl (C=O) groups is 1. The second-order valence-electron chi connectivity index (χ2n) is 4.95. The van der Waals surface area contributed by atoms with Gasteiger partial charge in [0, 0.05) is 17.3 Å². The molecule has 0 spiro atoms. The molecule has 1 heterocycles. The summed E-state index contributed by atoms with van der Waals surface area (Å²) in [6.07, 6.45) is 5.25. The maximum Gasteiger partial charge on any atom is 0.273 e. The van der Waals surface area contributed by atoms with Gasteiger partial charge in [-0.25, -0.2) is 0 Å². The van der Waals surface area contributed by atoms with Crippen LogP contribution in [0.3, 0.4) is 0 Å². The Bertz CT molecular complexity index is 714. The topological polar surface area (TPSA) is 83.7 Å². The van der Waals surface area contributed by atoms with Crippen molar-refractivity contribution in [1.82, 2.24) is 14.8 Å². The molecule has 0 aliphatic heterocycles. The Morgan fingerprint density at radius 3 is 3.00 bits per heavy atom. The normalized spacial score (nSPS) is 13.7. The monoisotopic (exact) mass is 281 g/mol. The molecule has 1 aromatic heterocycles. The van der Waals surface area contributed by atoms with Crippen LogP contribution < -0.4 is 5.32 Å². The van der Waals surface area contributed by atoms with Crippen molar-refractivity contribution in [3.05, 3.63) is 43.2 Å². The molecule has 21 heavy (non-hydrogen) atoms. The van der Waals surface area contributed by atoms with Crippen molar-refractivity contribution >= 4 is 17.3 Å². The summed E-state index contributed by atoms with van der Waals surface area (Å²) >= 11 is 0. The highest BCUT2D eigenvalue weighted by Gasteiger charge is 2.26. The summed E-state index contributed by atoms with van der Waals surface area (Å²) in [5.41, 5.74) is 1.35. The van der Waals surface area contributed by atoms with Gasteiger partial charge in [-0.05, 0) is 31.1 Å². The van der Waals surface area contributed by atoms with Gasteiger partial charge in [0.05, 0.1) is 0 Å². The van der Waals surface area contributed by atoms with Gasteiger partial charge < -0.3 is 9.88 Å². The molecule has 6 nitrogen and oxygen atoms in total. The summed E-state index contributed by atoms with van der Waals surface area (Å²) in [6.45, 7) is 3.41. The molecule has 2 aromatic rings. The molecule has 0 atom stereocenters. The number of aromatic nitrogens is 3. The van der Waals surface area contributed by atoms with E-state index in [1.807, 2.05) is 18.2 Å². The predicted molar refractivity (Wildman–Crippen MR) is 80.3 cm³/mol. The highest BCUT2D eigenvalue weighted by Crippen LogP contribution is 2.37. The standard InChI is InChI=1S/C15H15N5O/c1-2-13(16)15(21)18-11-5-3-4-10(8-11)14-19-17-9-20(14)12-6-7-12/h2-5,8-9,12,16H,1,6-7H2,(H,18,21). The summed E-state index contributed by atoms with van der Waals surface area (Å²) in [6, 6.07) is 7.86. The number of anilines is 1. The van der Waals surface area contributed by atoms with Gasteiger partial charge in [-0.2, -0.15) is 0 Å². The van der Waals surface area contributed by atoms with Gasteiger partial charge in [0.1, 0.15) is 12.0 Å². The summed E-state index contributed by atoms with van der Waals surface area (Å²) in [5, 5.41) is 18.2. The molecule has 1 aromatic carbocycles. The van der Waals surface area contributed by atoms with E-state index in [0.29, 0.717) is 11.7 Å². The fourth-order valence-electron chi connectivity index (χ4n) is 2.10. The van der Waals surface area contributed by atoms with E-state index in [0.717, 1.165) is 24.2 Å². The molecule has 0 unspecified atom stereocenters. The number of rotatable bonds is 5. The van der Waals surface area contributed by atoms with Crippen LogP contribution in [0.5, 0.6) is 0 Å². The van der Waals surface area contributed by atoms with Crippen LogP contribution in [0.1, 0.15) is 18.9 Å². The molecule has 1 fully saturated rings. The summed E-state index contributed by atoms with van der Waals surface area (Å²) in [4.78, 5) is 11.7. The Hall–Kier alpha value is -2.76. The molecular formula is C15H15N5O. The first-order valence-corrected chi connectivity index (χ1v) is 6.71. The Labute approximate surface area is 122 Å². The molecule has 106 valence electrons. The van der Waals surface area contributed by atoms with Crippen LogP contribution in [0, 0.1) is 5.41 Å². The third-order valence-electron chi connectivity index (χ3n) is 3.34. The third-order valence-corrected chi connectivity index (χ3v) is 3.34. The maximum atomic E-state index is 11.7. The first-order chi connectivity index (χ1) is 10.2. The van der Waals surface area contributed by atoms with E-state index in [9.17, 15) is 4.79 Å². The first kappa shape index (κ1) is 13.2. The van der Waals surface area contributed by atoms with Crippen molar-refractivity contribution in [2.24, 2.45) is 0 Å². The van der Waals surface area contributed by atoms with E-state index in [1.54, 1.807) is 12.4 Å². The number of benzene rings is 1. The van der Waals surface area contributed by atoms with E-state index in [2.05, 4.69) is 26.7 Å². The van der Waals surface area contributed by atoms with Crippen LogP contribution >= 0.6 is 0 Å². The van der Waals surface area contributed by atoms with Crippen LogP contribution in [0.15, 0.2) is 43.2 Å². The Kier molecular flexibility index (Phi) is 3.35. The van der Waals surface area contributed by atoms with Crippen LogP contribution in [0.4, 0.5) is 5.69 Å². The molecule has 0 saturated heterocycles. The van der Waals surface area contributed by atoms with Gasteiger partial charge >= 0.3 is 0 Å². The number of amides is 1. The average Bonchev–Trinajstić information content (AvgIpc) is 3.23. The number of nitrogens with zero attached hydrogens (tertiary/aromatic N) is 3. The van der Waals surface area contributed by atoms with Crippen LogP contribution in [-0.2, 0) is 4.79 Å². The zero-order valence-electron chi connectivity index (χ0n) is 11.4. The average molecular weight is 281 g/mol. The zero-order chi connectivity index (χ0) is 14.8. The molecule has 1 amide bonds. The maximum absolute atomic E-state index is 11.7. The van der Waals surface area contributed by atoms with Crippen LogP contribution in [-0.4, -0.2) is 26.4 Å². The second kappa shape index (κ2) is 5.32. The smallest absolute Gasteiger partial charge is 0.273 e. The molecule has 6 heteroatoms. The van der Waals surface area contributed by atoms with E-state index >= 15 is 0 Å². The SMILES string of the molecule is C=CC(=N)C(=O)Nc1cccc(-c2nncn2C2CC2)c1. The quantitative estimate of drug-likeness (QED) is 0.825. The van der Waals surface area contributed by atoms with Crippen molar-refractivity contribution in [2.75, 3.05) is 5.32 Å². The van der Waals surface area contributed by atoms with E-state index in [1.165, 1.54) is 6.08 Å². The summed E-state index contributed by atoms with van der Waals surface area (Å²) in [5.74, 6) is 0.318. The zero-order valence-corrected chi connectivity index (χ0v) is 11.4. The van der Waals surface area contributed by atoms with Crippen molar-refractivity contribution < 1.29 is 4.79 Å². The molecule has 3 rings (SSSR count). The minimum atomic E-state index is -0.481. The Balaban J connectivity index is 1.86. The number of hydrogen-bond acceptors (Lipinski definition) is 4.